The molecular weight excluding hydrogens is 376 g/mol. The Bertz CT molecular complexity index is 974. The van der Waals surface area contributed by atoms with Crippen LogP contribution in [0.15, 0.2) is 52.2 Å². The number of ether oxygens (including phenoxy) is 2. The fraction of sp³-hybridized carbons (Fsp3) is 0.333. The molecule has 0 bridgehead atoms. The van der Waals surface area contributed by atoms with E-state index in [1.165, 1.54) is 14.0 Å². The van der Waals surface area contributed by atoms with E-state index in [0.29, 0.717) is 35.7 Å². The van der Waals surface area contributed by atoms with Crippen molar-refractivity contribution < 1.29 is 19.1 Å². The van der Waals surface area contributed by atoms with Gasteiger partial charge in [0.1, 0.15) is 0 Å². The highest BCUT2D eigenvalue weighted by molar-refractivity contribution is 7.17. The number of hydrogen-bond donors (Lipinski definition) is 2. The molecule has 1 aromatic heterocycles. The van der Waals surface area contributed by atoms with Crippen LogP contribution in [0.1, 0.15) is 25.3 Å². The third-order valence-corrected chi connectivity index (χ3v) is 5.74. The highest BCUT2D eigenvalue weighted by Crippen LogP contribution is 2.43. The number of esters is 1. The van der Waals surface area contributed by atoms with Crippen LogP contribution in [-0.4, -0.2) is 38.6 Å². The van der Waals surface area contributed by atoms with Gasteiger partial charge < -0.3 is 20.5 Å². The Morgan fingerprint density at radius 1 is 1.25 bits per heavy atom. The first-order chi connectivity index (χ1) is 13.5. The molecule has 0 saturated heterocycles. The number of fused-ring (bicyclic) bond motifs is 1. The minimum atomic E-state index is -0.515. The van der Waals surface area contributed by atoms with Crippen molar-refractivity contribution in [2.45, 2.75) is 19.8 Å². The number of thiophene rings is 1. The first-order valence-electron chi connectivity index (χ1n) is 9.03. The molecule has 3 rings (SSSR count). The van der Waals surface area contributed by atoms with Gasteiger partial charge in [-0.15, -0.1) is 11.3 Å². The third-order valence-electron chi connectivity index (χ3n) is 4.76. The molecule has 0 saturated carbocycles. The second-order valence-electron chi connectivity index (χ2n) is 6.57. The number of rotatable bonds is 7. The lowest BCUT2D eigenvalue weighted by Crippen LogP contribution is -2.33. The number of dihydropyridines is 1. The van der Waals surface area contributed by atoms with Gasteiger partial charge in [0.15, 0.2) is 5.78 Å². The van der Waals surface area contributed by atoms with E-state index in [1.54, 1.807) is 11.3 Å². The van der Waals surface area contributed by atoms with E-state index in [0.717, 1.165) is 15.6 Å². The molecule has 1 aliphatic rings. The number of nitrogens with two attached hydrogens (primary N) is 1. The predicted octanol–water partition coefficient (Wildman–Crippen LogP) is 2.85. The van der Waals surface area contributed by atoms with Crippen molar-refractivity contribution >= 4 is 33.2 Å². The van der Waals surface area contributed by atoms with Gasteiger partial charge in [-0.05, 0) is 36.2 Å². The Kier molecular flexibility index (Phi) is 6.28. The molecule has 0 aliphatic carbocycles. The number of carbonyl (C=O) groups is 2. The Labute approximate surface area is 168 Å². The van der Waals surface area contributed by atoms with Gasteiger partial charge in [0.25, 0.3) is 0 Å². The highest BCUT2D eigenvalue weighted by Gasteiger charge is 2.37. The average molecular weight is 401 g/mol. The number of hydrogen-bond acceptors (Lipinski definition) is 7. The van der Waals surface area contributed by atoms with Gasteiger partial charge in [-0.2, -0.15) is 0 Å². The average Bonchev–Trinajstić information content (AvgIpc) is 3.10. The topological polar surface area (TPSA) is 90.7 Å². The standard InChI is InChI=1S/C21H24N2O4S/c1-12-18(13(2)24)19(15-11-28-17-7-5-4-6-14(15)17)20(21(25)26-3)16(23-12)10-27-9-8-22/h4-7,11,19,23H,8-10,22H2,1-3H3. The summed E-state index contributed by atoms with van der Waals surface area (Å²) in [6.45, 7) is 4.30. The lowest BCUT2D eigenvalue weighted by atomic mass is 9.79. The predicted molar refractivity (Wildman–Crippen MR) is 110 cm³/mol. The Hall–Kier alpha value is -2.48. The smallest absolute Gasteiger partial charge is 0.336 e. The van der Waals surface area contributed by atoms with Crippen LogP contribution in [0.3, 0.4) is 0 Å². The molecule has 2 aromatic rings. The van der Waals surface area contributed by atoms with Crippen molar-refractivity contribution in [2.75, 3.05) is 26.9 Å². The normalized spacial score (nSPS) is 17.1. The number of nitrogens with one attached hydrogen (secondary N) is 1. The molecule has 28 heavy (non-hydrogen) atoms. The van der Waals surface area contributed by atoms with E-state index < -0.39 is 11.9 Å². The SMILES string of the molecule is COC(=O)C1=C(COCCN)NC(C)=C(C(C)=O)C1c1csc2ccccc12. The fourth-order valence-electron chi connectivity index (χ4n) is 3.62. The summed E-state index contributed by atoms with van der Waals surface area (Å²) in [6, 6.07) is 7.97. The fourth-order valence-corrected chi connectivity index (χ4v) is 4.61. The van der Waals surface area contributed by atoms with Crippen molar-refractivity contribution in [3.05, 3.63) is 57.7 Å². The lowest BCUT2D eigenvalue weighted by molar-refractivity contribution is -0.136. The summed E-state index contributed by atoms with van der Waals surface area (Å²) in [5.74, 6) is -1.09. The van der Waals surface area contributed by atoms with E-state index in [4.69, 9.17) is 15.2 Å². The largest absolute Gasteiger partial charge is 0.466 e. The number of benzene rings is 1. The van der Waals surface area contributed by atoms with Crippen molar-refractivity contribution in [3.8, 4) is 0 Å². The summed E-state index contributed by atoms with van der Waals surface area (Å²) in [7, 11) is 1.34. The molecule has 0 radical (unpaired) electrons. The molecule has 1 atom stereocenters. The maximum atomic E-state index is 12.8. The number of carbonyl (C=O) groups excluding carboxylic acids is 2. The van der Waals surface area contributed by atoms with Crippen LogP contribution in [0.25, 0.3) is 10.1 Å². The van der Waals surface area contributed by atoms with E-state index in [1.807, 2.05) is 36.6 Å². The lowest BCUT2D eigenvalue weighted by Gasteiger charge is -2.31. The van der Waals surface area contributed by atoms with Gasteiger partial charge in [0.05, 0.1) is 31.6 Å². The minimum Gasteiger partial charge on any atom is -0.466 e. The van der Waals surface area contributed by atoms with Crippen LogP contribution in [0.5, 0.6) is 0 Å². The Balaban J connectivity index is 2.22. The first-order valence-corrected chi connectivity index (χ1v) is 9.91. The number of Topliss-reactive ketones (excluding diaryl/α,β-unsaturated/α-hetero) is 1. The van der Waals surface area contributed by atoms with E-state index >= 15 is 0 Å². The summed E-state index contributed by atoms with van der Waals surface area (Å²) >= 11 is 1.59. The molecule has 6 nitrogen and oxygen atoms in total. The van der Waals surface area contributed by atoms with Crippen molar-refractivity contribution in [1.82, 2.24) is 5.32 Å². The number of allylic oxidation sites excluding steroid dienone is 2. The van der Waals surface area contributed by atoms with Crippen LogP contribution < -0.4 is 11.1 Å². The van der Waals surface area contributed by atoms with Gasteiger partial charge >= 0.3 is 5.97 Å². The van der Waals surface area contributed by atoms with E-state index in [2.05, 4.69) is 5.32 Å². The number of ketones is 1. The molecule has 2 heterocycles. The first kappa shape index (κ1) is 20.3. The zero-order valence-corrected chi connectivity index (χ0v) is 17.0. The third kappa shape index (κ3) is 3.73. The molecule has 1 aliphatic heterocycles. The minimum absolute atomic E-state index is 0.0892. The molecule has 3 N–H and O–H groups in total. The van der Waals surface area contributed by atoms with Crippen LogP contribution in [0.2, 0.25) is 0 Å². The molecule has 0 spiro atoms. The quantitative estimate of drug-likeness (QED) is 0.549. The summed E-state index contributed by atoms with van der Waals surface area (Å²) in [4.78, 5) is 25.4. The van der Waals surface area contributed by atoms with Gasteiger partial charge in [0.2, 0.25) is 0 Å². The molecule has 7 heteroatoms. The number of methoxy groups -OCH3 is 1. The van der Waals surface area contributed by atoms with Crippen LogP contribution >= 0.6 is 11.3 Å². The van der Waals surface area contributed by atoms with Crippen LogP contribution in [-0.2, 0) is 19.1 Å². The molecule has 1 aromatic carbocycles. The second kappa shape index (κ2) is 8.68. The van der Waals surface area contributed by atoms with Crippen molar-refractivity contribution in [2.24, 2.45) is 5.73 Å². The molecule has 148 valence electrons. The Morgan fingerprint density at radius 3 is 2.68 bits per heavy atom. The summed E-state index contributed by atoms with van der Waals surface area (Å²) in [5.41, 5.74) is 8.71. The summed E-state index contributed by atoms with van der Waals surface area (Å²) in [5, 5.41) is 6.22. The van der Waals surface area contributed by atoms with Gasteiger partial charge in [-0.25, -0.2) is 4.79 Å². The monoisotopic (exact) mass is 400 g/mol. The zero-order valence-electron chi connectivity index (χ0n) is 16.2. The Morgan fingerprint density at radius 2 is 2.00 bits per heavy atom. The molecule has 0 fully saturated rings. The maximum absolute atomic E-state index is 12.8. The van der Waals surface area contributed by atoms with Gasteiger partial charge in [0, 0.05) is 28.4 Å². The van der Waals surface area contributed by atoms with Crippen LogP contribution in [0.4, 0.5) is 0 Å². The molecular formula is C21H24N2O4S. The van der Waals surface area contributed by atoms with Crippen molar-refractivity contribution in [3.63, 3.8) is 0 Å². The van der Waals surface area contributed by atoms with E-state index in [9.17, 15) is 9.59 Å². The maximum Gasteiger partial charge on any atom is 0.336 e. The van der Waals surface area contributed by atoms with E-state index in [-0.39, 0.29) is 12.4 Å². The summed E-state index contributed by atoms with van der Waals surface area (Å²) in [6.07, 6.45) is 0. The second-order valence-corrected chi connectivity index (χ2v) is 7.48. The summed E-state index contributed by atoms with van der Waals surface area (Å²) < 4.78 is 11.8. The van der Waals surface area contributed by atoms with Crippen LogP contribution in [0, 0.1) is 0 Å². The van der Waals surface area contributed by atoms with Crippen molar-refractivity contribution in [1.29, 1.82) is 0 Å². The van der Waals surface area contributed by atoms with Gasteiger partial charge in [-0.3, -0.25) is 4.79 Å². The zero-order chi connectivity index (χ0) is 20.3. The van der Waals surface area contributed by atoms with Gasteiger partial charge in [-0.1, -0.05) is 18.2 Å². The molecule has 0 amide bonds. The highest BCUT2D eigenvalue weighted by atomic mass is 32.1. The molecule has 1 unspecified atom stereocenters.